The van der Waals surface area contributed by atoms with Gasteiger partial charge in [-0.3, -0.25) is 14.7 Å². The average Bonchev–Trinajstić information content (AvgIpc) is 2.55. The van der Waals surface area contributed by atoms with Crippen LogP contribution in [-0.2, 0) is 0 Å². The minimum Gasteiger partial charge on any atom is -0.508 e. The molecule has 0 unspecified atom stereocenters. The Morgan fingerprint density at radius 1 is 1.24 bits per heavy atom. The summed E-state index contributed by atoms with van der Waals surface area (Å²) in [7, 11) is 0. The third kappa shape index (κ3) is 1.80. The predicted molar refractivity (Wildman–Crippen MR) is 59.7 cm³/mol. The van der Waals surface area contributed by atoms with Crippen LogP contribution in [0.15, 0.2) is 29.1 Å². The summed E-state index contributed by atoms with van der Waals surface area (Å²) < 4.78 is 1.08. The lowest BCUT2D eigenvalue weighted by atomic mass is 10.2. The number of nitrogens with one attached hydrogen (secondary N) is 1. The van der Waals surface area contributed by atoms with Crippen LogP contribution >= 0.6 is 0 Å². The number of rotatable bonds is 2. The fraction of sp³-hybridized carbons (Fsp3) is 0.0909. The molecule has 0 spiro atoms. The van der Waals surface area contributed by atoms with Gasteiger partial charge in [0.1, 0.15) is 11.3 Å². The fourth-order valence-electron chi connectivity index (χ4n) is 1.53. The molecule has 0 fully saturated rings. The van der Waals surface area contributed by atoms with Gasteiger partial charge in [-0.15, -0.1) is 0 Å². The number of nitrogens with zero attached hydrogens (tertiary/aromatic N) is 1. The molecule has 1 heterocycles. The van der Waals surface area contributed by atoms with E-state index in [1.54, 1.807) is 0 Å². The number of aromatic nitrogens is 2. The number of ketones is 1. The quantitative estimate of drug-likeness (QED) is 0.669. The number of aromatic amines is 1. The van der Waals surface area contributed by atoms with E-state index in [1.807, 2.05) is 0 Å². The number of hydrogen-bond acceptors (Lipinski definition) is 4. The first-order chi connectivity index (χ1) is 8.00. The third-order valence-electron chi connectivity index (χ3n) is 2.34. The highest BCUT2D eigenvalue weighted by Gasteiger charge is 2.18. The Labute approximate surface area is 95.7 Å². The minimum absolute atomic E-state index is 0.0644. The normalized spacial score (nSPS) is 10.4. The molecule has 0 bridgehead atoms. The van der Waals surface area contributed by atoms with Crippen LogP contribution in [0.3, 0.4) is 0 Å². The number of phenolic OH excluding ortho intramolecular Hbond substituents is 1. The SMILES string of the molecule is CC(=O)c1c(O)n(-c2ccc(O)cc2)[nH]c1=O. The fourth-order valence-corrected chi connectivity index (χ4v) is 1.53. The van der Waals surface area contributed by atoms with Crippen molar-refractivity contribution in [3.05, 3.63) is 40.2 Å². The van der Waals surface area contributed by atoms with Crippen LogP contribution in [-0.4, -0.2) is 25.8 Å². The monoisotopic (exact) mass is 234 g/mol. The molecule has 17 heavy (non-hydrogen) atoms. The van der Waals surface area contributed by atoms with Gasteiger partial charge in [-0.25, -0.2) is 4.68 Å². The van der Waals surface area contributed by atoms with Gasteiger partial charge in [-0.1, -0.05) is 0 Å². The summed E-state index contributed by atoms with van der Waals surface area (Å²) in [5.41, 5.74) is -0.494. The molecule has 2 aromatic rings. The van der Waals surface area contributed by atoms with Crippen molar-refractivity contribution in [2.24, 2.45) is 0 Å². The smallest absolute Gasteiger partial charge is 0.279 e. The Bertz CT molecular complexity index is 622. The van der Waals surface area contributed by atoms with Gasteiger partial charge >= 0.3 is 0 Å². The number of H-pyrrole nitrogens is 1. The van der Waals surface area contributed by atoms with Gasteiger partial charge in [0.05, 0.1) is 5.69 Å². The number of carbonyl (C=O) groups excluding carboxylic acids is 1. The standard InChI is InChI=1S/C11H10N2O4/c1-6(14)9-10(16)12-13(11(9)17)7-2-4-8(15)5-3-7/h2-5,15,17H,1H3,(H,12,16). The van der Waals surface area contributed by atoms with E-state index >= 15 is 0 Å². The van der Waals surface area contributed by atoms with Crippen LogP contribution in [0.25, 0.3) is 5.69 Å². The van der Waals surface area contributed by atoms with Crippen LogP contribution < -0.4 is 5.56 Å². The largest absolute Gasteiger partial charge is 0.508 e. The van der Waals surface area contributed by atoms with Crippen molar-refractivity contribution < 1.29 is 15.0 Å². The third-order valence-corrected chi connectivity index (χ3v) is 2.34. The number of benzene rings is 1. The Morgan fingerprint density at radius 2 is 1.82 bits per heavy atom. The van der Waals surface area contributed by atoms with Crippen molar-refractivity contribution >= 4 is 5.78 Å². The Hall–Kier alpha value is -2.50. The highest BCUT2D eigenvalue weighted by Crippen LogP contribution is 2.20. The predicted octanol–water partition coefficient (Wildman–Crippen LogP) is 0.779. The summed E-state index contributed by atoms with van der Waals surface area (Å²) in [5.74, 6) is -0.885. The van der Waals surface area contributed by atoms with Crippen LogP contribution in [0.4, 0.5) is 0 Å². The van der Waals surface area contributed by atoms with Crippen molar-refractivity contribution in [3.8, 4) is 17.3 Å². The lowest BCUT2D eigenvalue weighted by Crippen LogP contribution is -2.10. The van der Waals surface area contributed by atoms with Gasteiger partial charge in [0, 0.05) is 0 Å². The maximum atomic E-state index is 11.4. The van der Waals surface area contributed by atoms with E-state index in [0.717, 1.165) is 4.68 Å². The van der Waals surface area contributed by atoms with E-state index in [1.165, 1.54) is 31.2 Å². The van der Waals surface area contributed by atoms with Crippen LogP contribution in [0, 0.1) is 0 Å². The topological polar surface area (TPSA) is 95.3 Å². The summed E-state index contributed by atoms with van der Waals surface area (Å²) in [6.07, 6.45) is 0. The molecule has 0 aliphatic heterocycles. The minimum atomic E-state index is -0.650. The molecule has 0 saturated carbocycles. The maximum Gasteiger partial charge on any atom is 0.279 e. The molecule has 3 N–H and O–H groups in total. The first kappa shape index (κ1) is 11.0. The molecule has 0 saturated heterocycles. The number of phenols is 1. The lowest BCUT2D eigenvalue weighted by Gasteiger charge is -2.03. The summed E-state index contributed by atoms with van der Waals surface area (Å²) in [4.78, 5) is 22.6. The number of Topliss-reactive ketones (excluding diaryl/α,β-unsaturated/α-hetero) is 1. The van der Waals surface area contributed by atoms with Gasteiger partial charge in [0.15, 0.2) is 5.78 Å². The first-order valence-electron chi connectivity index (χ1n) is 4.85. The summed E-state index contributed by atoms with van der Waals surface area (Å²) in [6, 6.07) is 5.80. The van der Waals surface area contributed by atoms with Crippen LogP contribution in [0.1, 0.15) is 17.3 Å². The van der Waals surface area contributed by atoms with Crippen molar-refractivity contribution in [1.82, 2.24) is 9.78 Å². The second kappa shape index (κ2) is 3.82. The molecule has 6 nitrogen and oxygen atoms in total. The second-order valence-electron chi connectivity index (χ2n) is 3.55. The zero-order chi connectivity index (χ0) is 12.6. The van der Waals surface area contributed by atoms with E-state index in [4.69, 9.17) is 5.11 Å². The lowest BCUT2D eigenvalue weighted by molar-refractivity contribution is 0.101. The molecule has 0 amide bonds. The summed E-state index contributed by atoms with van der Waals surface area (Å²) in [6.45, 7) is 1.20. The Balaban J connectivity index is 2.61. The zero-order valence-electron chi connectivity index (χ0n) is 8.97. The van der Waals surface area contributed by atoms with Crippen LogP contribution in [0.5, 0.6) is 11.6 Å². The van der Waals surface area contributed by atoms with Crippen molar-refractivity contribution in [2.45, 2.75) is 6.92 Å². The molecule has 6 heteroatoms. The molecule has 0 radical (unpaired) electrons. The summed E-state index contributed by atoms with van der Waals surface area (Å²) in [5, 5.41) is 21.2. The highest BCUT2D eigenvalue weighted by atomic mass is 16.3. The second-order valence-corrected chi connectivity index (χ2v) is 3.55. The molecule has 2 rings (SSSR count). The van der Waals surface area contributed by atoms with Crippen molar-refractivity contribution in [1.29, 1.82) is 0 Å². The van der Waals surface area contributed by atoms with E-state index in [-0.39, 0.29) is 11.3 Å². The molecule has 1 aromatic heterocycles. The van der Waals surface area contributed by atoms with Crippen molar-refractivity contribution in [3.63, 3.8) is 0 Å². The van der Waals surface area contributed by atoms with E-state index in [9.17, 15) is 14.7 Å². The van der Waals surface area contributed by atoms with E-state index < -0.39 is 17.2 Å². The van der Waals surface area contributed by atoms with Gasteiger partial charge in [0.2, 0.25) is 5.88 Å². The molecule has 0 atom stereocenters. The van der Waals surface area contributed by atoms with E-state index in [2.05, 4.69) is 5.10 Å². The average molecular weight is 234 g/mol. The molecule has 0 aliphatic carbocycles. The number of carbonyl (C=O) groups is 1. The summed E-state index contributed by atoms with van der Waals surface area (Å²) >= 11 is 0. The molecule has 88 valence electrons. The van der Waals surface area contributed by atoms with Gasteiger partial charge in [0.25, 0.3) is 5.56 Å². The molecule has 0 aliphatic rings. The maximum absolute atomic E-state index is 11.4. The first-order valence-corrected chi connectivity index (χ1v) is 4.85. The van der Waals surface area contributed by atoms with Crippen molar-refractivity contribution in [2.75, 3.05) is 0 Å². The molecular formula is C11H10N2O4. The Morgan fingerprint density at radius 3 is 2.29 bits per heavy atom. The van der Waals surface area contributed by atoms with Gasteiger partial charge < -0.3 is 10.2 Å². The zero-order valence-corrected chi connectivity index (χ0v) is 8.97. The highest BCUT2D eigenvalue weighted by molar-refractivity contribution is 5.96. The Kier molecular flexibility index (Phi) is 2.47. The number of aromatic hydroxyl groups is 2. The van der Waals surface area contributed by atoms with Gasteiger partial charge in [-0.2, -0.15) is 0 Å². The molecular weight excluding hydrogens is 224 g/mol. The van der Waals surface area contributed by atoms with Gasteiger partial charge in [-0.05, 0) is 31.2 Å². The van der Waals surface area contributed by atoms with Crippen LogP contribution in [0.2, 0.25) is 0 Å². The molecule has 1 aromatic carbocycles. The number of hydrogen-bond donors (Lipinski definition) is 3. The van der Waals surface area contributed by atoms with E-state index in [0.29, 0.717) is 5.69 Å².